The van der Waals surface area contributed by atoms with E-state index in [-0.39, 0.29) is 28.4 Å². The molecule has 0 N–H and O–H groups in total. The molecule has 2 aliphatic carbocycles. The number of rotatable bonds is 7. The molecule has 0 saturated carbocycles. The molecular weight excluding hydrogens is 1040 g/mol. The van der Waals surface area contributed by atoms with Crippen LogP contribution in [0, 0.1) is 0 Å². The van der Waals surface area contributed by atoms with Crippen LogP contribution < -0.4 is 26.2 Å². The summed E-state index contributed by atoms with van der Waals surface area (Å²) in [7, 11) is 0. The van der Waals surface area contributed by atoms with E-state index in [9.17, 15) is 0 Å². The van der Waals surface area contributed by atoms with Crippen LogP contribution >= 0.6 is 0 Å². The molecule has 0 spiro atoms. The summed E-state index contributed by atoms with van der Waals surface area (Å²) in [6, 6.07) is 92.8. The van der Waals surface area contributed by atoms with Crippen LogP contribution in [0.2, 0.25) is 0 Å². The Morgan fingerprint density at radius 2 is 0.674 bits per heavy atom. The molecule has 0 saturated heterocycles. The number of hydrogen-bond donors (Lipinski definition) is 0. The zero-order valence-corrected chi connectivity index (χ0v) is 50.8. The average molecular weight is 1110 g/mol. The first-order valence-electron chi connectivity index (χ1n) is 31.3. The molecule has 418 valence electrons. The zero-order chi connectivity index (χ0) is 58.4. The molecule has 0 amide bonds. The van der Waals surface area contributed by atoms with Gasteiger partial charge in [0.2, 0.25) is 0 Å². The van der Waals surface area contributed by atoms with Gasteiger partial charge in [-0.25, -0.2) is 0 Å². The number of aromatic nitrogens is 1. The molecule has 1 aromatic heterocycles. The Kier molecular flexibility index (Phi) is 11.7. The molecule has 4 heteroatoms. The van der Waals surface area contributed by atoms with Crippen molar-refractivity contribution in [3.63, 3.8) is 0 Å². The van der Waals surface area contributed by atoms with E-state index in [1.165, 1.54) is 153 Å². The van der Waals surface area contributed by atoms with Crippen LogP contribution in [0.15, 0.2) is 243 Å². The molecule has 16 rings (SSSR count). The van der Waals surface area contributed by atoms with Gasteiger partial charge in [0.15, 0.2) is 0 Å². The van der Waals surface area contributed by atoms with Gasteiger partial charge < -0.3 is 14.4 Å². The standard InChI is InChI=1S/C82H72BN3/c1-79(2)43-45-81(5,6)68-47-57(31-39-66(68)79)55-27-34-61(35-28-55)84-74-42-33-59(53-19-11-9-12-20-53)49-71(74)83-70-41-38-63(86-72-25-17-15-23-64(72)65-24-16-18-26-73(65)86)52-75(70)85(77-51-60(50-76(84)78(77)83)54-21-13-10-14-22-54)62-36-29-56(30-37-62)58-32-40-67-69(48-58)82(7,8)46-44-80(67,3)4/h9-42,47-52H,43-46H2,1-8H3. The topological polar surface area (TPSA) is 11.4 Å². The van der Waals surface area contributed by atoms with E-state index in [1.54, 1.807) is 0 Å². The summed E-state index contributed by atoms with van der Waals surface area (Å²) in [5.41, 5.74) is 30.6. The summed E-state index contributed by atoms with van der Waals surface area (Å²) in [6.07, 6.45) is 4.77. The van der Waals surface area contributed by atoms with Crippen molar-refractivity contribution in [2.45, 2.75) is 103 Å². The van der Waals surface area contributed by atoms with E-state index < -0.39 is 0 Å². The predicted molar refractivity (Wildman–Crippen MR) is 367 cm³/mol. The number of nitrogens with zero attached hydrogens (tertiary/aromatic N) is 3. The quantitative estimate of drug-likeness (QED) is 0.147. The normalized spacial score (nSPS) is 16.5. The van der Waals surface area contributed by atoms with Gasteiger partial charge in [0, 0.05) is 50.6 Å². The Labute approximate surface area is 508 Å². The number of hydrogen-bond acceptors (Lipinski definition) is 2. The van der Waals surface area contributed by atoms with E-state index in [0.29, 0.717) is 0 Å². The lowest BCUT2D eigenvalue weighted by molar-refractivity contribution is 0.332. The minimum atomic E-state index is -0.0945. The molecule has 2 aliphatic heterocycles. The van der Waals surface area contributed by atoms with Crippen LogP contribution in [-0.2, 0) is 21.7 Å². The van der Waals surface area contributed by atoms with Gasteiger partial charge in [-0.15, -0.1) is 0 Å². The van der Waals surface area contributed by atoms with Crippen LogP contribution in [0.1, 0.15) is 103 Å². The number of benzene rings is 11. The monoisotopic (exact) mass is 1110 g/mol. The van der Waals surface area contributed by atoms with Crippen LogP contribution in [0.25, 0.3) is 72.0 Å². The number of anilines is 6. The van der Waals surface area contributed by atoms with Crippen LogP contribution in [0.4, 0.5) is 34.1 Å². The fraction of sp³-hybridized carbons (Fsp3) is 0.195. The third-order valence-corrected chi connectivity index (χ3v) is 20.7. The molecule has 0 atom stereocenters. The Bertz CT molecular complexity index is 4640. The smallest absolute Gasteiger partial charge is 0.252 e. The van der Waals surface area contributed by atoms with Crippen molar-refractivity contribution >= 4 is 79.0 Å². The largest absolute Gasteiger partial charge is 0.311 e. The average Bonchev–Trinajstić information content (AvgIpc) is 0.863. The van der Waals surface area contributed by atoms with Crippen LogP contribution in [-0.4, -0.2) is 11.3 Å². The molecular formula is C82H72BN3. The van der Waals surface area contributed by atoms with Gasteiger partial charge in [0.1, 0.15) is 0 Å². The van der Waals surface area contributed by atoms with Gasteiger partial charge in [0.25, 0.3) is 6.71 Å². The van der Waals surface area contributed by atoms with Gasteiger partial charge >= 0.3 is 0 Å². The molecule has 3 heterocycles. The lowest BCUT2D eigenvalue weighted by Gasteiger charge is -2.44. The van der Waals surface area contributed by atoms with Crippen molar-refractivity contribution in [2.24, 2.45) is 0 Å². The maximum absolute atomic E-state index is 2.60. The Morgan fingerprint density at radius 1 is 0.279 bits per heavy atom. The summed E-state index contributed by atoms with van der Waals surface area (Å²) in [6.45, 7) is 19.3. The highest BCUT2D eigenvalue weighted by Crippen LogP contribution is 2.51. The van der Waals surface area contributed by atoms with E-state index in [1.807, 2.05) is 0 Å². The number of para-hydroxylation sites is 2. The predicted octanol–water partition coefficient (Wildman–Crippen LogP) is 20.2. The van der Waals surface area contributed by atoms with Gasteiger partial charge in [-0.2, -0.15) is 0 Å². The second-order valence-electron chi connectivity index (χ2n) is 27.8. The van der Waals surface area contributed by atoms with Crippen molar-refractivity contribution < 1.29 is 0 Å². The van der Waals surface area contributed by atoms with E-state index >= 15 is 0 Å². The number of fused-ring (bicyclic) bond motifs is 9. The van der Waals surface area contributed by atoms with Crippen molar-refractivity contribution in [3.8, 4) is 50.2 Å². The Hall–Kier alpha value is -9.12. The maximum atomic E-state index is 2.60. The van der Waals surface area contributed by atoms with E-state index in [2.05, 4.69) is 312 Å². The molecule has 0 fully saturated rings. The van der Waals surface area contributed by atoms with E-state index in [4.69, 9.17) is 0 Å². The van der Waals surface area contributed by atoms with Crippen LogP contribution in [0.3, 0.4) is 0 Å². The minimum absolute atomic E-state index is 0.0945. The van der Waals surface area contributed by atoms with Crippen molar-refractivity contribution in [3.05, 3.63) is 265 Å². The summed E-state index contributed by atoms with van der Waals surface area (Å²) < 4.78 is 2.48. The van der Waals surface area contributed by atoms with Crippen molar-refractivity contribution in [1.29, 1.82) is 0 Å². The van der Waals surface area contributed by atoms with Gasteiger partial charge in [-0.1, -0.05) is 231 Å². The lowest BCUT2D eigenvalue weighted by Crippen LogP contribution is -2.61. The first-order chi connectivity index (χ1) is 41.6. The molecule has 0 unspecified atom stereocenters. The highest BCUT2D eigenvalue weighted by molar-refractivity contribution is 7.00. The maximum Gasteiger partial charge on any atom is 0.252 e. The molecule has 11 aromatic carbocycles. The Balaban J connectivity index is 0.934. The SMILES string of the molecule is CC1(C)CCC(C)(C)c2cc(-c3ccc(N4c5ccc(-c6ccccc6)cc5B5c6ccc(-n7c8ccccc8c8ccccc87)cc6N(c6ccc(-c7ccc8c(c7)C(C)(C)CCC8(C)C)cc6)c6cc(-c7ccccc7)cc4c65)cc3)ccc21. The van der Waals surface area contributed by atoms with Crippen molar-refractivity contribution in [1.82, 2.24) is 4.57 Å². The summed E-state index contributed by atoms with van der Waals surface area (Å²) in [5.74, 6) is 0. The van der Waals surface area contributed by atoms with Gasteiger partial charge in [-0.05, 0) is 197 Å². The first-order valence-corrected chi connectivity index (χ1v) is 31.3. The summed E-state index contributed by atoms with van der Waals surface area (Å²) in [5, 5.41) is 2.51. The molecule has 86 heavy (non-hydrogen) atoms. The summed E-state index contributed by atoms with van der Waals surface area (Å²) in [4.78, 5) is 5.18. The van der Waals surface area contributed by atoms with Gasteiger partial charge in [-0.3, -0.25) is 0 Å². The molecule has 4 aliphatic rings. The molecule has 0 bridgehead atoms. The highest BCUT2D eigenvalue weighted by Gasteiger charge is 2.45. The molecule has 3 nitrogen and oxygen atoms in total. The van der Waals surface area contributed by atoms with Gasteiger partial charge in [0.05, 0.1) is 11.0 Å². The second-order valence-corrected chi connectivity index (χ2v) is 27.8. The zero-order valence-electron chi connectivity index (χ0n) is 50.8. The molecule has 12 aromatic rings. The highest BCUT2D eigenvalue weighted by atomic mass is 15.2. The Morgan fingerprint density at radius 3 is 1.19 bits per heavy atom. The molecule has 0 radical (unpaired) electrons. The third kappa shape index (κ3) is 8.23. The minimum Gasteiger partial charge on any atom is -0.311 e. The summed E-state index contributed by atoms with van der Waals surface area (Å²) >= 11 is 0. The fourth-order valence-corrected chi connectivity index (χ4v) is 15.6. The second kappa shape index (κ2) is 19.2. The van der Waals surface area contributed by atoms with E-state index in [0.717, 1.165) is 17.1 Å². The van der Waals surface area contributed by atoms with Crippen LogP contribution in [0.5, 0.6) is 0 Å². The third-order valence-electron chi connectivity index (χ3n) is 20.7. The fourth-order valence-electron chi connectivity index (χ4n) is 15.6. The van der Waals surface area contributed by atoms with Crippen molar-refractivity contribution in [2.75, 3.05) is 9.80 Å². The lowest BCUT2D eigenvalue weighted by atomic mass is 9.33. The first kappa shape index (κ1) is 52.4.